The molecule has 8 aromatic rings. The van der Waals surface area contributed by atoms with E-state index in [1.54, 1.807) is 10.4 Å². The molecule has 0 bridgehead atoms. The fourth-order valence-electron chi connectivity index (χ4n) is 8.31. The second-order valence-electron chi connectivity index (χ2n) is 14.7. The fraction of sp³-hybridized carbons (Fsp3) is 0.160. The smallest absolute Gasteiger partial charge is 0.135 e. The van der Waals surface area contributed by atoms with Gasteiger partial charge in [-0.3, -0.25) is 0 Å². The summed E-state index contributed by atoms with van der Waals surface area (Å²) in [5.74, 6) is 2.31. The van der Waals surface area contributed by atoms with E-state index in [-0.39, 0.29) is 0 Å². The van der Waals surface area contributed by atoms with E-state index < -0.39 is 0 Å². The van der Waals surface area contributed by atoms with Crippen LogP contribution >= 0.6 is 11.3 Å². The molecule has 2 unspecified atom stereocenters. The molecule has 0 radical (unpaired) electrons. The van der Waals surface area contributed by atoms with Crippen molar-refractivity contribution in [2.45, 2.75) is 46.5 Å². The lowest BCUT2D eigenvalue weighted by molar-refractivity contribution is 0.458. The Morgan fingerprint density at radius 2 is 1.15 bits per heavy atom. The van der Waals surface area contributed by atoms with Gasteiger partial charge in [0.2, 0.25) is 0 Å². The van der Waals surface area contributed by atoms with Gasteiger partial charge < -0.3 is 9.32 Å². The SMILES string of the molecule is C/C=C\c1oc2ccc(-c3ccc(N(c4ccc(-c5ccccc5)cc4)c4ccc(-c5ccc6sc7c(c6c5)CC(C)CC7C)cc4)cc3)cc2c1C. The van der Waals surface area contributed by atoms with Crippen LogP contribution in [0.2, 0.25) is 0 Å². The van der Waals surface area contributed by atoms with Crippen LogP contribution < -0.4 is 4.90 Å². The van der Waals surface area contributed by atoms with Crippen LogP contribution in [0, 0.1) is 12.8 Å². The van der Waals surface area contributed by atoms with E-state index in [2.05, 4.69) is 165 Å². The first-order valence-corrected chi connectivity index (χ1v) is 19.6. The van der Waals surface area contributed by atoms with Crippen LogP contribution in [0.5, 0.6) is 0 Å². The van der Waals surface area contributed by atoms with Crippen LogP contribution in [-0.2, 0) is 6.42 Å². The van der Waals surface area contributed by atoms with Crippen molar-refractivity contribution in [3.8, 4) is 33.4 Å². The zero-order valence-electron chi connectivity index (χ0n) is 30.8. The van der Waals surface area contributed by atoms with E-state index in [4.69, 9.17) is 4.42 Å². The number of hydrogen-bond donors (Lipinski definition) is 0. The molecule has 0 spiro atoms. The van der Waals surface area contributed by atoms with Crippen LogP contribution in [0.4, 0.5) is 17.1 Å². The van der Waals surface area contributed by atoms with Crippen LogP contribution in [-0.4, -0.2) is 0 Å². The molecule has 6 aromatic carbocycles. The monoisotopic (exact) mass is 705 g/mol. The minimum absolute atomic E-state index is 0.650. The Balaban J connectivity index is 1.07. The topological polar surface area (TPSA) is 16.4 Å². The van der Waals surface area contributed by atoms with Gasteiger partial charge in [0.05, 0.1) is 0 Å². The second-order valence-corrected chi connectivity index (χ2v) is 15.8. The highest BCUT2D eigenvalue weighted by Crippen LogP contribution is 2.45. The minimum Gasteiger partial charge on any atom is -0.456 e. The highest BCUT2D eigenvalue weighted by Gasteiger charge is 2.26. The number of allylic oxidation sites excluding steroid dienone is 1. The lowest BCUT2D eigenvalue weighted by Gasteiger charge is -2.26. The molecule has 0 fully saturated rings. The molecular formula is C50H43NOS. The summed E-state index contributed by atoms with van der Waals surface area (Å²) in [6.07, 6.45) is 6.54. The highest BCUT2D eigenvalue weighted by molar-refractivity contribution is 7.19. The van der Waals surface area contributed by atoms with Gasteiger partial charge in [-0.15, -0.1) is 11.3 Å². The largest absolute Gasteiger partial charge is 0.456 e. The first-order valence-electron chi connectivity index (χ1n) is 18.8. The maximum absolute atomic E-state index is 6.10. The Labute approximate surface area is 316 Å². The van der Waals surface area contributed by atoms with Crippen molar-refractivity contribution in [3.05, 3.63) is 167 Å². The zero-order valence-corrected chi connectivity index (χ0v) is 31.6. The van der Waals surface area contributed by atoms with Gasteiger partial charge in [0.15, 0.2) is 0 Å². The number of fused-ring (bicyclic) bond motifs is 4. The molecule has 0 aliphatic heterocycles. The normalized spacial score (nSPS) is 15.7. The van der Waals surface area contributed by atoms with E-state index in [0.29, 0.717) is 5.92 Å². The van der Waals surface area contributed by atoms with E-state index in [0.717, 1.165) is 39.7 Å². The molecule has 0 saturated carbocycles. The number of rotatable bonds is 7. The van der Waals surface area contributed by atoms with Gasteiger partial charge in [0.1, 0.15) is 11.3 Å². The second kappa shape index (κ2) is 13.7. The van der Waals surface area contributed by atoms with Crippen molar-refractivity contribution in [1.82, 2.24) is 0 Å². The van der Waals surface area contributed by atoms with Gasteiger partial charge in [-0.1, -0.05) is 98.8 Å². The maximum atomic E-state index is 6.10. The van der Waals surface area contributed by atoms with Gasteiger partial charge in [-0.25, -0.2) is 0 Å². The Morgan fingerprint density at radius 3 is 1.75 bits per heavy atom. The van der Waals surface area contributed by atoms with Crippen molar-refractivity contribution >= 4 is 55.5 Å². The summed E-state index contributed by atoms with van der Waals surface area (Å²) in [6, 6.07) is 51.1. The lowest BCUT2D eigenvalue weighted by atomic mass is 9.82. The molecule has 2 heterocycles. The predicted molar refractivity (Wildman–Crippen MR) is 228 cm³/mol. The number of anilines is 3. The number of nitrogens with zero attached hydrogens (tertiary/aromatic N) is 1. The number of furan rings is 1. The number of aryl methyl sites for hydroxylation is 1. The Morgan fingerprint density at radius 1 is 0.623 bits per heavy atom. The Kier molecular flexibility index (Phi) is 8.60. The van der Waals surface area contributed by atoms with Crippen LogP contribution in [0.1, 0.15) is 54.9 Å². The summed E-state index contributed by atoms with van der Waals surface area (Å²) >= 11 is 2.00. The average molecular weight is 706 g/mol. The van der Waals surface area contributed by atoms with Gasteiger partial charge in [-0.2, -0.15) is 0 Å². The van der Waals surface area contributed by atoms with Gasteiger partial charge >= 0.3 is 0 Å². The van der Waals surface area contributed by atoms with Crippen molar-refractivity contribution in [3.63, 3.8) is 0 Å². The average Bonchev–Trinajstić information content (AvgIpc) is 3.72. The molecule has 0 N–H and O–H groups in total. The molecule has 260 valence electrons. The molecule has 2 nitrogen and oxygen atoms in total. The van der Waals surface area contributed by atoms with Crippen LogP contribution in [0.25, 0.3) is 60.5 Å². The van der Waals surface area contributed by atoms with Gasteiger partial charge in [0, 0.05) is 37.6 Å². The fourth-order valence-corrected chi connectivity index (χ4v) is 9.59. The summed E-state index contributed by atoms with van der Waals surface area (Å²) in [5, 5.41) is 2.60. The van der Waals surface area contributed by atoms with E-state index in [1.165, 1.54) is 61.9 Å². The number of hydrogen-bond acceptors (Lipinski definition) is 3. The molecule has 3 heteroatoms. The minimum atomic E-state index is 0.650. The first kappa shape index (κ1) is 33.2. The molecule has 2 aromatic heterocycles. The third-order valence-corrected chi connectivity index (χ3v) is 12.5. The van der Waals surface area contributed by atoms with Crippen molar-refractivity contribution in [1.29, 1.82) is 0 Å². The highest BCUT2D eigenvalue weighted by atomic mass is 32.1. The van der Waals surface area contributed by atoms with Crippen LogP contribution in [0.3, 0.4) is 0 Å². The predicted octanol–water partition coefficient (Wildman–Crippen LogP) is 15.1. The maximum Gasteiger partial charge on any atom is 0.135 e. The quantitative estimate of drug-likeness (QED) is 0.164. The van der Waals surface area contributed by atoms with E-state index >= 15 is 0 Å². The van der Waals surface area contributed by atoms with Crippen molar-refractivity contribution in [2.24, 2.45) is 5.92 Å². The first-order chi connectivity index (χ1) is 25.9. The van der Waals surface area contributed by atoms with Crippen molar-refractivity contribution < 1.29 is 4.42 Å². The standard InChI is InChI=1S/C50H43NOS/c1-5-9-47-34(4)44-30-39(18-26-48(44)52-47)37-14-22-42(23-15-37)51(41-20-12-36(13-21-41)35-10-7-6-8-11-35)43-24-16-38(17-25-43)40-19-27-49-45(31-40)46-29-32(2)28-33(3)50(46)53-49/h5-27,30-33H,28-29H2,1-4H3/b9-5-. The molecule has 1 aliphatic rings. The zero-order chi connectivity index (χ0) is 36.1. The summed E-state index contributed by atoms with van der Waals surface area (Å²) in [6.45, 7) is 8.96. The molecule has 53 heavy (non-hydrogen) atoms. The van der Waals surface area contributed by atoms with E-state index in [9.17, 15) is 0 Å². The van der Waals surface area contributed by atoms with Gasteiger partial charge in [0.25, 0.3) is 0 Å². The Hall–Kier alpha value is -5.64. The summed E-state index contributed by atoms with van der Waals surface area (Å²) in [4.78, 5) is 3.96. The van der Waals surface area contributed by atoms with Crippen molar-refractivity contribution in [2.75, 3.05) is 4.90 Å². The molecule has 9 rings (SSSR count). The summed E-state index contributed by atoms with van der Waals surface area (Å²) in [5.41, 5.74) is 14.3. The molecular weight excluding hydrogens is 663 g/mol. The molecule has 2 atom stereocenters. The summed E-state index contributed by atoms with van der Waals surface area (Å²) < 4.78 is 7.52. The number of thiophene rings is 1. The van der Waals surface area contributed by atoms with E-state index in [1.807, 2.05) is 30.4 Å². The third kappa shape index (κ3) is 6.19. The summed E-state index contributed by atoms with van der Waals surface area (Å²) in [7, 11) is 0. The Bertz CT molecular complexity index is 2590. The van der Waals surface area contributed by atoms with Gasteiger partial charge in [-0.05, 0) is 150 Å². The number of benzene rings is 6. The lowest BCUT2D eigenvalue weighted by Crippen LogP contribution is -2.12. The van der Waals surface area contributed by atoms with Crippen LogP contribution in [0.15, 0.2) is 150 Å². The third-order valence-electron chi connectivity index (χ3n) is 11.0. The molecule has 0 amide bonds. The molecule has 1 aliphatic carbocycles. The molecule has 0 saturated heterocycles.